The van der Waals surface area contributed by atoms with Crippen molar-refractivity contribution in [3.8, 4) is 0 Å². The molecule has 1 aromatic heterocycles. The van der Waals surface area contributed by atoms with E-state index < -0.39 is 0 Å². The molecule has 0 fully saturated rings. The fourth-order valence-electron chi connectivity index (χ4n) is 1.50. The normalized spacial score (nSPS) is 10.2. The van der Waals surface area contributed by atoms with Gasteiger partial charge < -0.3 is 4.74 Å². The van der Waals surface area contributed by atoms with Crippen LogP contribution in [0.1, 0.15) is 22.8 Å². The van der Waals surface area contributed by atoms with Gasteiger partial charge in [-0.05, 0) is 38.1 Å². The predicted molar refractivity (Wildman–Crippen MR) is 75.5 cm³/mol. The van der Waals surface area contributed by atoms with Crippen molar-refractivity contribution >= 4 is 17.7 Å². The molecule has 19 heavy (non-hydrogen) atoms. The largest absolute Gasteiger partial charge is 0.462 e. The van der Waals surface area contributed by atoms with E-state index in [1.54, 1.807) is 30.9 Å². The van der Waals surface area contributed by atoms with E-state index in [1.807, 2.05) is 6.07 Å². The Kier molecular flexibility index (Phi) is 4.58. The van der Waals surface area contributed by atoms with E-state index in [4.69, 9.17) is 4.74 Å². The summed E-state index contributed by atoms with van der Waals surface area (Å²) in [5.74, 6) is -0.332. The van der Waals surface area contributed by atoms with Gasteiger partial charge in [-0.2, -0.15) is 0 Å². The van der Waals surface area contributed by atoms with Crippen molar-refractivity contribution in [2.75, 3.05) is 6.61 Å². The molecule has 1 aromatic carbocycles. The molecule has 1 heterocycles. The van der Waals surface area contributed by atoms with E-state index in [9.17, 15) is 4.79 Å². The Morgan fingerprint density at radius 2 is 1.95 bits per heavy atom. The van der Waals surface area contributed by atoms with Gasteiger partial charge in [-0.15, -0.1) is 0 Å². The molecule has 0 bridgehead atoms. The van der Waals surface area contributed by atoms with Crippen LogP contribution in [0.4, 0.5) is 0 Å². The maximum Gasteiger partial charge on any atom is 0.339 e. The molecule has 0 saturated carbocycles. The summed E-state index contributed by atoms with van der Waals surface area (Å²) in [7, 11) is 0. The Hall–Kier alpha value is -1.81. The van der Waals surface area contributed by atoms with Crippen LogP contribution in [-0.2, 0) is 4.74 Å². The first-order valence-corrected chi connectivity index (χ1v) is 6.88. The van der Waals surface area contributed by atoms with Gasteiger partial charge in [0, 0.05) is 11.1 Å². The number of aryl methyl sites for hydroxylation is 1. The number of rotatable bonds is 4. The van der Waals surface area contributed by atoms with E-state index in [0.717, 1.165) is 9.92 Å². The number of benzene rings is 1. The van der Waals surface area contributed by atoms with Crippen molar-refractivity contribution in [2.24, 2.45) is 0 Å². The molecule has 0 saturated heterocycles. The minimum absolute atomic E-state index is 0.332. The fraction of sp³-hybridized carbons (Fsp3) is 0.200. The van der Waals surface area contributed by atoms with Crippen LogP contribution in [0, 0.1) is 6.92 Å². The lowest BCUT2D eigenvalue weighted by Gasteiger charge is -2.03. The monoisotopic (exact) mass is 273 g/mol. The Morgan fingerprint density at radius 3 is 2.53 bits per heavy atom. The quantitative estimate of drug-likeness (QED) is 0.796. The smallest absolute Gasteiger partial charge is 0.339 e. The third-order valence-corrected chi connectivity index (χ3v) is 3.45. The molecule has 0 aliphatic rings. The standard InChI is InChI=1S/C15H15NO2S/c1-3-18-15(17)12-6-9-14(16-10-12)19-13-7-4-11(2)5-8-13/h4-10H,3H2,1-2H3. The number of hydrogen-bond acceptors (Lipinski definition) is 4. The van der Waals surface area contributed by atoms with Gasteiger partial charge in [0.15, 0.2) is 0 Å². The van der Waals surface area contributed by atoms with Crippen LogP contribution in [0.3, 0.4) is 0 Å². The van der Waals surface area contributed by atoms with E-state index in [1.165, 1.54) is 5.56 Å². The van der Waals surface area contributed by atoms with E-state index >= 15 is 0 Å². The lowest BCUT2D eigenvalue weighted by atomic mass is 10.2. The number of pyridine rings is 1. The predicted octanol–water partition coefficient (Wildman–Crippen LogP) is 3.72. The summed E-state index contributed by atoms with van der Waals surface area (Å²) in [5.41, 5.74) is 1.71. The molecule has 2 rings (SSSR count). The molecular formula is C15H15NO2S. The van der Waals surface area contributed by atoms with Crippen LogP contribution in [0.2, 0.25) is 0 Å². The summed E-state index contributed by atoms with van der Waals surface area (Å²) in [6.45, 7) is 4.21. The molecule has 98 valence electrons. The summed E-state index contributed by atoms with van der Waals surface area (Å²) < 4.78 is 4.91. The van der Waals surface area contributed by atoms with E-state index in [0.29, 0.717) is 12.2 Å². The molecule has 0 aliphatic heterocycles. The number of nitrogens with zero attached hydrogens (tertiary/aromatic N) is 1. The molecule has 3 nitrogen and oxygen atoms in total. The first-order valence-electron chi connectivity index (χ1n) is 6.06. The Labute approximate surface area is 117 Å². The van der Waals surface area contributed by atoms with Crippen molar-refractivity contribution in [1.82, 2.24) is 4.98 Å². The van der Waals surface area contributed by atoms with Crippen LogP contribution in [0.5, 0.6) is 0 Å². The molecule has 0 spiro atoms. The molecular weight excluding hydrogens is 258 g/mol. The molecule has 0 radical (unpaired) electrons. The summed E-state index contributed by atoms with van der Waals surface area (Å²) in [6, 6.07) is 11.8. The number of carbonyl (C=O) groups is 1. The maximum atomic E-state index is 11.5. The second kappa shape index (κ2) is 6.38. The molecule has 2 aromatic rings. The Balaban J connectivity index is 2.06. The first kappa shape index (κ1) is 13.6. The number of hydrogen-bond donors (Lipinski definition) is 0. The molecule has 0 unspecified atom stereocenters. The average Bonchev–Trinajstić information content (AvgIpc) is 2.42. The minimum Gasteiger partial charge on any atom is -0.462 e. The molecule has 0 N–H and O–H groups in total. The summed E-state index contributed by atoms with van der Waals surface area (Å²) in [5, 5.41) is 0.858. The summed E-state index contributed by atoms with van der Waals surface area (Å²) >= 11 is 1.57. The van der Waals surface area contributed by atoms with Crippen LogP contribution < -0.4 is 0 Å². The van der Waals surface area contributed by atoms with Crippen molar-refractivity contribution in [3.05, 3.63) is 53.7 Å². The first-order chi connectivity index (χ1) is 9.19. The zero-order valence-electron chi connectivity index (χ0n) is 10.9. The highest BCUT2D eigenvalue weighted by Gasteiger charge is 2.07. The molecule has 4 heteroatoms. The topological polar surface area (TPSA) is 39.2 Å². The van der Waals surface area contributed by atoms with Gasteiger partial charge in [0.1, 0.15) is 5.03 Å². The van der Waals surface area contributed by atoms with Gasteiger partial charge in [-0.1, -0.05) is 29.5 Å². The highest BCUT2D eigenvalue weighted by molar-refractivity contribution is 7.99. The summed E-state index contributed by atoms with van der Waals surface area (Å²) in [4.78, 5) is 16.9. The van der Waals surface area contributed by atoms with Gasteiger partial charge in [0.25, 0.3) is 0 Å². The summed E-state index contributed by atoms with van der Waals surface area (Å²) in [6.07, 6.45) is 1.55. The number of carbonyl (C=O) groups excluding carboxylic acids is 1. The van der Waals surface area contributed by atoms with Gasteiger partial charge in [0.05, 0.1) is 12.2 Å². The lowest BCUT2D eigenvalue weighted by molar-refractivity contribution is 0.0525. The second-order valence-corrected chi connectivity index (χ2v) is 5.11. The maximum absolute atomic E-state index is 11.5. The number of esters is 1. The lowest BCUT2D eigenvalue weighted by Crippen LogP contribution is -2.04. The van der Waals surface area contributed by atoms with Gasteiger partial charge in [0.2, 0.25) is 0 Å². The van der Waals surface area contributed by atoms with Gasteiger partial charge in [-0.3, -0.25) is 0 Å². The fourth-order valence-corrected chi connectivity index (χ4v) is 2.26. The highest BCUT2D eigenvalue weighted by Crippen LogP contribution is 2.26. The zero-order valence-corrected chi connectivity index (χ0v) is 11.7. The molecule has 0 aliphatic carbocycles. The van der Waals surface area contributed by atoms with Crippen molar-refractivity contribution in [1.29, 1.82) is 0 Å². The second-order valence-electron chi connectivity index (χ2n) is 4.02. The molecule has 0 amide bonds. The zero-order chi connectivity index (χ0) is 13.7. The van der Waals surface area contributed by atoms with E-state index in [-0.39, 0.29) is 5.97 Å². The van der Waals surface area contributed by atoms with Crippen molar-refractivity contribution in [2.45, 2.75) is 23.8 Å². The van der Waals surface area contributed by atoms with Crippen molar-refractivity contribution < 1.29 is 9.53 Å². The van der Waals surface area contributed by atoms with Crippen LogP contribution in [0.15, 0.2) is 52.5 Å². The van der Waals surface area contributed by atoms with Crippen LogP contribution in [-0.4, -0.2) is 17.6 Å². The van der Waals surface area contributed by atoms with Crippen LogP contribution >= 0.6 is 11.8 Å². The van der Waals surface area contributed by atoms with Gasteiger partial charge in [-0.25, -0.2) is 9.78 Å². The SMILES string of the molecule is CCOC(=O)c1ccc(Sc2ccc(C)cc2)nc1. The third kappa shape index (κ3) is 3.83. The van der Waals surface area contributed by atoms with E-state index in [2.05, 4.69) is 36.2 Å². The third-order valence-electron chi connectivity index (χ3n) is 2.49. The Morgan fingerprint density at radius 1 is 1.21 bits per heavy atom. The highest BCUT2D eigenvalue weighted by atomic mass is 32.2. The minimum atomic E-state index is -0.332. The number of aromatic nitrogens is 1. The van der Waals surface area contributed by atoms with Crippen molar-refractivity contribution in [3.63, 3.8) is 0 Å². The molecule has 0 atom stereocenters. The van der Waals surface area contributed by atoms with Gasteiger partial charge >= 0.3 is 5.97 Å². The Bertz CT molecular complexity index is 549. The van der Waals surface area contributed by atoms with Crippen LogP contribution in [0.25, 0.3) is 0 Å². The number of ether oxygens (including phenoxy) is 1. The average molecular weight is 273 g/mol.